The average molecular weight is 310 g/mol. The third-order valence-electron chi connectivity index (χ3n) is 4.51. The highest BCUT2D eigenvalue weighted by Gasteiger charge is 2.42. The summed E-state index contributed by atoms with van der Waals surface area (Å²) in [4.78, 5) is 22.4. The fraction of sp³-hybridized carbons (Fsp3) is 0.353. The minimum absolute atomic E-state index is 0.197. The molecule has 118 valence electrons. The molecule has 2 N–H and O–H groups in total. The molecule has 0 unspecified atom stereocenters. The summed E-state index contributed by atoms with van der Waals surface area (Å²) in [7, 11) is 0. The van der Waals surface area contributed by atoms with Gasteiger partial charge in [-0.15, -0.1) is 0 Å². The molecule has 0 radical (unpaired) electrons. The highest BCUT2D eigenvalue weighted by molar-refractivity contribution is 6.43. The van der Waals surface area contributed by atoms with Crippen molar-refractivity contribution in [1.29, 1.82) is 0 Å². The number of oxime groups is 1. The van der Waals surface area contributed by atoms with Gasteiger partial charge in [-0.25, -0.2) is 0 Å². The highest BCUT2D eigenvalue weighted by atomic mass is 16.7. The molecule has 4 rings (SSSR count). The number of carbonyl (C=O) groups is 1. The van der Waals surface area contributed by atoms with E-state index in [1.165, 1.54) is 0 Å². The van der Waals surface area contributed by atoms with Crippen molar-refractivity contribution in [3.63, 3.8) is 0 Å². The van der Waals surface area contributed by atoms with Gasteiger partial charge in [0.2, 0.25) is 0 Å². The summed E-state index contributed by atoms with van der Waals surface area (Å²) < 4.78 is 0. The van der Waals surface area contributed by atoms with Crippen molar-refractivity contribution in [2.45, 2.75) is 24.9 Å². The number of pyridine rings is 1. The Morgan fingerprint density at radius 1 is 1.22 bits per heavy atom. The molecule has 2 aliphatic rings. The average Bonchev–Trinajstić information content (AvgIpc) is 2.99. The van der Waals surface area contributed by atoms with Crippen LogP contribution in [0, 0.1) is 0 Å². The van der Waals surface area contributed by atoms with Crippen LogP contribution in [0.4, 0.5) is 5.69 Å². The first-order valence-corrected chi connectivity index (χ1v) is 7.87. The topological polar surface area (TPSA) is 75.6 Å². The van der Waals surface area contributed by atoms with Gasteiger partial charge < -0.3 is 15.5 Å². The van der Waals surface area contributed by atoms with E-state index >= 15 is 0 Å². The largest absolute Gasteiger partial charge is 0.388 e. The second-order valence-electron chi connectivity index (χ2n) is 6.07. The Labute approximate surface area is 133 Å². The summed E-state index contributed by atoms with van der Waals surface area (Å²) in [5.74, 6) is -0.197. The fourth-order valence-corrected chi connectivity index (χ4v) is 3.20. The molecule has 2 aliphatic heterocycles. The number of nitrogens with zero attached hydrogens (tertiary/aromatic N) is 2. The van der Waals surface area contributed by atoms with E-state index in [0.29, 0.717) is 12.1 Å². The summed E-state index contributed by atoms with van der Waals surface area (Å²) >= 11 is 0. The zero-order valence-electron chi connectivity index (χ0n) is 12.7. The van der Waals surface area contributed by atoms with Gasteiger partial charge >= 0.3 is 0 Å². The van der Waals surface area contributed by atoms with Crippen LogP contribution in [0.5, 0.6) is 0 Å². The van der Waals surface area contributed by atoms with Crippen LogP contribution in [0.1, 0.15) is 19.3 Å². The Hall–Kier alpha value is -2.47. The third kappa shape index (κ3) is 2.66. The van der Waals surface area contributed by atoms with Gasteiger partial charge in [0, 0.05) is 30.8 Å². The first-order valence-electron chi connectivity index (χ1n) is 7.87. The van der Waals surface area contributed by atoms with Crippen LogP contribution >= 0.6 is 0 Å². The maximum Gasteiger partial charge on any atom is 0.273 e. The molecule has 6 heteroatoms. The molecular formula is C17H18N4O2. The van der Waals surface area contributed by atoms with Gasteiger partial charge in [0.05, 0.1) is 11.2 Å². The molecule has 1 fully saturated rings. The number of rotatable bonds is 2. The number of nitrogens with one attached hydrogen (secondary N) is 2. The Morgan fingerprint density at radius 3 is 2.96 bits per heavy atom. The van der Waals surface area contributed by atoms with Gasteiger partial charge in [-0.3, -0.25) is 9.78 Å². The summed E-state index contributed by atoms with van der Waals surface area (Å²) in [6, 6.07) is 9.48. The first-order chi connectivity index (χ1) is 11.3. The molecule has 1 aromatic carbocycles. The number of piperidine rings is 1. The molecule has 6 nitrogen and oxygen atoms in total. The normalized spacial score (nSPS) is 19.4. The van der Waals surface area contributed by atoms with Crippen molar-refractivity contribution in [3.05, 3.63) is 36.5 Å². The number of carbonyl (C=O) groups excluding carboxylic acids is 1. The van der Waals surface area contributed by atoms with E-state index < -0.39 is 0 Å². The number of anilines is 1. The van der Waals surface area contributed by atoms with Crippen molar-refractivity contribution in [2.24, 2.45) is 5.16 Å². The predicted molar refractivity (Wildman–Crippen MR) is 88.3 cm³/mol. The van der Waals surface area contributed by atoms with Crippen LogP contribution in [-0.2, 0) is 9.63 Å². The van der Waals surface area contributed by atoms with E-state index in [-0.39, 0.29) is 11.5 Å². The molecule has 2 aromatic rings. The maximum absolute atomic E-state index is 12.5. The predicted octanol–water partition coefficient (Wildman–Crippen LogP) is 2.07. The molecule has 1 spiro atoms. The third-order valence-corrected chi connectivity index (χ3v) is 4.51. The molecular weight excluding hydrogens is 292 g/mol. The molecule has 0 saturated carbocycles. The van der Waals surface area contributed by atoms with Crippen LogP contribution in [-0.4, -0.2) is 35.3 Å². The lowest BCUT2D eigenvalue weighted by molar-refractivity contribution is -0.110. The molecule has 1 saturated heterocycles. The monoisotopic (exact) mass is 310 g/mol. The molecule has 1 aromatic heterocycles. The summed E-state index contributed by atoms with van der Waals surface area (Å²) in [5, 5.41) is 11.2. The van der Waals surface area contributed by atoms with Gasteiger partial charge in [0.25, 0.3) is 5.91 Å². The molecule has 0 bridgehead atoms. The van der Waals surface area contributed by atoms with E-state index in [2.05, 4.69) is 20.8 Å². The highest BCUT2D eigenvalue weighted by Crippen LogP contribution is 2.33. The lowest BCUT2D eigenvalue weighted by Crippen LogP contribution is -2.42. The van der Waals surface area contributed by atoms with Gasteiger partial charge in [0.15, 0.2) is 0 Å². The zero-order chi connectivity index (χ0) is 15.7. The number of hydrogen-bond acceptors (Lipinski definition) is 5. The molecule has 3 heterocycles. The van der Waals surface area contributed by atoms with Gasteiger partial charge in [-0.05, 0) is 37.4 Å². The molecule has 0 atom stereocenters. The first kappa shape index (κ1) is 14.1. The van der Waals surface area contributed by atoms with Crippen LogP contribution in [0.3, 0.4) is 0 Å². The SMILES string of the molecule is O=C(Nc1cccc2ncccc12)C1=NOC2(CCNCC2)C1. The van der Waals surface area contributed by atoms with Crippen LogP contribution in [0.15, 0.2) is 41.7 Å². The van der Waals surface area contributed by atoms with E-state index in [4.69, 9.17) is 4.84 Å². The van der Waals surface area contributed by atoms with Crippen LogP contribution in [0.25, 0.3) is 10.9 Å². The van der Waals surface area contributed by atoms with E-state index in [1.54, 1.807) is 6.20 Å². The smallest absolute Gasteiger partial charge is 0.273 e. The standard InChI is InChI=1S/C17H18N4O2/c22-16(15-11-17(23-21-15)6-9-18-10-7-17)20-14-5-1-4-13-12(14)3-2-8-19-13/h1-5,8,18H,6-7,9-11H2,(H,20,22). The molecule has 23 heavy (non-hydrogen) atoms. The van der Waals surface area contributed by atoms with Crippen LogP contribution < -0.4 is 10.6 Å². The van der Waals surface area contributed by atoms with Crippen molar-refractivity contribution >= 4 is 28.2 Å². The number of benzene rings is 1. The number of amides is 1. The van der Waals surface area contributed by atoms with E-state index in [0.717, 1.165) is 42.5 Å². The molecule has 1 amide bonds. The Bertz CT molecular complexity index is 776. The van der Waals surface area contributed by atoms with E-state index in [9.17, 15) is 4.79 Å². The number of fused-ring (bicyclic) bond motifs is 1. The van der Waals surface area contributed by atoms with Crippen molar-refractivity contribution in [1.82, 2.24) is 10.3 Å². The second kappa shape index (κ2) is 5.62. The Kier molecular flexibility index (Phi) is 3.46. The van der Waals surface area contributed by atoms with Gasteiger partial charge in [0.1, 0.15) is 11.3 Å². The summed E-state index contributed by atoms with van der Waals surface area (Å²) in [6.07, 6.45) is 4.07. The summed E-state index contributed by atoms with van der Waals surface area (Å²) in [5.41, 5.74) is 1.77. The minimum atomic E-state index is -0.293. The lowest BCUT2D eigenvalue weighted by Gasteiger charge is -2.30. The summed E-state index contributed by atoms with van der Waals surface area (Å²) in [6.45, 7) is 1.80. The molecule has 0 aliphatic carbocycles. The fourth-order valence-electron chi connectivity index (χ4n) is 3.20. The van der Waals surface area contributed by atoms with Crippen molar-refractivity contribution in [2.75, 3.05) is 18.4 Å². The number of aromatic nitrogens is 1. The van der Waals surface area contributed by atoms with Crippen molar-refractivity contribution < 1.29 is 9.63 Å². The Balaban J connectivity index is 1.52. The lowest BCUT2D eigenvalue weighted by atomic mass is 9.87. The van der Waals surface area contributed by atoms with Crippen molar-refractivity contribution in [3.8, 4) is 0 Å². The minimum Gasteiger partial charge on any atom is -0.388 e. The van der Waals surface area contributed by atoms with E-state index in [1.807, 2.05) is 30.3 Å². The number of hydrogen-bond donors (Lipinski definition) is 2. The van der Waals surface area contributed by atoms with Gasteiger partial charge in [-0.2, -0.15) is 0 Å². The van der Waals surface area contributed by atoms with Crippen LogP contribution in [0.2, 0.25) is 0 Å². The second-order valence-corrected chi connectivity index (χ2v) is 6.07. The maximum atomic E-state index is 12.5. The quantitative estimate of drug-likeness (QED) is 0.890. The zero-order valence-corrected chi connectivity index (χ0v) is 12.7. The Morgan fingerprint density at radius 2 is 2.09 bits per heavy atom. The van der Waals surface area contributed by atoms with Gasteiger partial charge in [-0.1, -0.05) is 11.2 Å².